The number of aromatic nitrogens is 2. The fourth-order valence-corrected chi connectivity index (χ4v) is 6.50. The molecule has 0 bridgehead atoms. The van der Waals surface area contributed by atoms with Crippen LogP contribution < -0.4 is 26.6 Å². The van der Waals surface area contributed by atoms with E-state index in [0.717, 1.165) is 22.4 Å². The topological polar surface area (TPSA) is 63.9 Å². The van der Waals surface area contributed by atoms with Crippen LogP contribution in [-0.2, 0) is 28.1 Å². The third-order valence-corrected chi connectivity index (χ3v) is 7.98. The van der Waals surface area contributed by atoms with Crippen LogP contribution >= 0.6 is 0 Å². The molecule has 226 valence electrons. The second kappa shape index (κ2) is 14.7. The van der Waals surface area contributed by atoms with E-state index in [9.17, 15) is 10.2 Å². The molecule has 1 aromatic heterocycles. The van der Waals surface area contributed by atoms with E-state index in [4.69, 9.17) is 4.98 Å². The molecule has 43 heavy (non-hydrogen) atoms. The fourth-order valence-electron chi connectivity index (χ4n) is 6.50. The molecule has 0 aliphatic rings. The maximum atomic E-state index is 10.1. The first-order valence-electron chi connectivity index (χ1n) is 14.9. The van der Waals surface area contributed by atoms with Crippen LogP contribution in [0, 0.1) is 41.5 Å². The van der Waals surface area contributed by atoms with Crippen LogP contribution in [0.4, 0.5) is 0 Å². The summed E-state index contributed by atoms with van der Waals surface area (Å²) in [5.74, 6) is 1.00. The Labute approximate surface area is 272 Å². The van der Waals surface area contributed by atoms with E-state index in [1.165, 1.54) is 63.6 Å². The third-order valence-electron chi connectivity index (χ3n) is 7.98. The number of fused-ring (bicyclic) bond motifs is 1. The largest absolute Gasteiger partial charge is 2.00 e. The minimum Gasteiger partial charge on any atom is -0.852 e. The average Bonchev–Trinajstić information content (AvgIpc) is 3.23. The summed E-state index contributed by atoms with van der Waals surface area (Å²) >= 11 is 0. The Morgan fingerprint density at radius 1 is 0.698 bits per heavy atom. The molecule has 0 spiro atoms. The Morgan fingerprint density at radius 3 is 1.63 bits per heavy atom. The molecule has 6 heteroatoms. The van der Waals surface area contributed by atoms with Gasteiger partial charge in [-0.2, -0.15) is 0 Å². The van der Waals surface area contributed by atoms with Crippen molar-refractivity contribution in [1.82, 2.24) is 9.55 Å². The first-order chi connectivity index (χ1) is 19.9. The zero-order valence-electron chi connectivity index (χ0n) is 26.9. The number of nitrogens with zero attached hydrogens (tertiary/aromatic N) is 2. The molecule has 0 fully saturated rings. The van der Waals surface area contributed by atoms with Crippen molar-refractivity contribution in [3.63, 3.8) is 0 Å². The monoisotopic (exact) mass is 753 g/mol. The van der Waals surface area contributed by atoms with E-state index in [1.54, 1.807) is 0 Å². The van der Waals surface area contributed by atoms with Crippen molar-refractivity contribution in [3.05, 3.63) is 106 Å². The number of imidazole rings is 1. The normalized spacial score (nSPS) is 12.3. The summed E-state index contributed by atoms with van der Waals surface area (Å²) in [6, 6.07) is 26.7. The molecule has 5 rings (SSSR count). The van der Waals surface area contributed by atoms with Crippen molar-refractivity contribution in [2.45, 2.75) is 74.0 Å². The summed E-state index contributed by atoms with van der Waals surface area (Å²) in [6.07, 6.45) is -1.13. The maximum absolute atomic E-state index is 10.1. The van der Waals surface area contributed by atoms with Crippen molar-refractivity contribution in [2.24, 2.45) is 7.05 Å². The van der Waals surface area contributed by atoms with Gasteiger partial charge < -0.3 is 14.8 Å². The zero-order chi connectivity index (χ0) is 30.7. The molecule has 5 aromatic rings. The van der Waals surface area contributed by atoms with Gasteiger partial charge in [0.15, 0.2) is 0 Å². The van der Waals surface area contributed by atoms with E-state index in [0.29, 0.717) is 0 Å². The molecule has 0 saturated carbocycles. The molecule has 0 aliphatic carbocycles. The van der Waals surface area contributed by atoms with Crippen LogP contribution in [0.15, 0.2) is 72.8 Å². The second-order valence-electron chi connectivity index (χ2n) is 12.0. The zero-order valence-corrected chi connectivity index (χ0v) is 29.2. The molecular weight excluding hydrogens is 710 g/mol. The molecule has 2 atom stereocenters. The standard InChI is InChI=1S/C32H33BN2.C5H10O2.Pt/c1-20-15-22(3)30(23(4)16-20)33(31-24(5)17-21(2)18-25(31)6)27-12-10-11-26(19-27)32-34-28-13-8-9-14-29(28)35(32)7;1-4(6)3-5(2)7;/h8-19H,1-7H3;4-5H,3H2,1-2H3;/q;-2;+2. The van der Waals surface area contributed by atoms with Crippen molar-refractivity contribution in [2.75, 3.05) is 0 Å². The van der Waals surface area contributed by atoms with Gasteiger partial charge in [-0.3, -0.25) is 0 Å². The molecular formula is C37H43BN2O2Pt. The van der Waals surface area contributed by atoms with Gasteiger partial charge in [0.2, 0.25) is 6.71 Å². The van der Waals surface area contributed by atoms with Gasteiger partial charge in [0.05, 0.1) is 11.0 Å². The first-order valence-corrected chi connectivity index (χ1v) is 14.9. The van der Waals surface area contributed by atoms with Crippen molar-refractivity contribution in [3.8, 4) is 11.4 Å². The SMILES string of the molecule is CC([O-])CC(C)[O-].Cc1cc(C)c(B(c2cccc(-c3nc4ccccc4n3C)c2)c2c(C)cc(C)cc2C)c(C)c1.[Pt+2]. The Hall–Kier alpha value is -2.98. The van der Waals surface area contributed by atoms with Crippen molar-refractivity contribution >= 4 is 34.1 Å². The molecule has 0 radical (unpaired) electrons. The predicted octanol–water partition coefficient (Wildman–Crippen LogP) is 4.48. The van der Waals surface area contributed by atoms with Gasteiger partial charge in [-0.25, -0.2) is 4.98 Å². The second-order valence-corrected chi connectivity index (χ2v) is 12.0. The van der Waals surface area contributed by atoms with Crippen LogP contribution in [0.25, 0.3) is 22.4 Å². The Kier molecular flexibility index (Phi) is 11.8. The molecule has 0 aliphatic heterocycles. The number of benzene rings is 4. The number of para-hydroxylation sites is 2. The van der Waals surface area contributed by atoms with Crippen LogP contribution in [0.2, 0.25) is 0 Å². The number of rotatable bonds is 6. The smallest absolute Gasteiger partial charge is 0.852 e. The summed E-state index contributed by atoms with van der Waals surface area (Å²) in [6.45, 7) is 16.6. The van der Waals surface area contributed by atoms with E-state index in [-0.39, 0.29) is 34.2 Å². The predicted molar refractivity (Wildman–Crippen MR) is 176 cm³/mol. The molecule has 4 nitrogen and oxygen atoms in total. The average molecular weight is 754 g/mol. The summed E-state index contributed by atoms with van der Waals surface area (Å²) in [4.78, 5) is 4.98. The van der Waals surface area contributed by atoms with Gasteiger partial charge in [-0.15, -0.1) is 12.2 Å². The number of aryl methyl sites for hydroxylation is 7. The molecule has 0 saturated heterocycles. The van der Waals surface area contributed by atoms with Gasteiger partial charge in [0.1, 0.15) is 5.82 Å². The molecule has 1 heterocycles. The Balaban J connectivity index is 0.000000567. The first kappa shape index (κ1) is 34.5. The van der Waals surface area contributed by atoms with E-state index < -0.39 is 12.2 Å². The molecule has 0 amide bonds. The molecule has 4 aromatic carbocycles. The van der Waals surface area contributed by atoms with Crippen LogP contribution in [0.1, 0.15) is 53.6 Å². The minimum atomic E-state index is -0.688. The van der Waals surface area contributed by atoms with E-state index in [2.05, 4.69) is 126 Å². The van der Waals surface area contributed by atoms with Crippen molar-refractivity contribution in [1.29, 1.82) is 0 Å². The van der Waals surface area contributed by atoms with E-state index in [1.807, 2.05) is 0 Å². The summed E-state index contributed by atoms with van der Waals surface area (Å²) in [5, 5.41) is 20.3. The summed E-state index contributed by atoms with van der Waals surface area (Å²) in [5.41, 5.74) is 15.5. The summed E-state index contributed by atoms with van der Waals surface area (Å²) in [7, 11) is 2.11. The van der Waals surface area contributed by atoms with Gasteiger partial charge in [0.25, 0.3) is 0 Å². The molecule has 2 unspecified atom stereocenters. The third kappa shape index (κ3) is 7.95. The van der Waals surface area contributed by atoms with Gasteiger partial charge in [-0.1, -0.05) is 131 Å². The van der Waals surface area contributed by atoms with Crippen LogP contribution in [-0.4, -0.2) is 28.5 Å². The fraction of sp³-hybridized carbons (Fsp3) is 0.324. The maximum Gasteiger partial charge on any atom is 2.00 e. The van der Waals surface area contributed by atoms with Gasteiger partial charge >= 0.3 is 21.1 Å². The molecule has 0 N–H and O–H groups in total. The number of hydrogen-bond donors (Lipinski definition) is 0. The van der Waals surface area contributed by atoms with Crippen LogP contribution in [0.3, 0.4) is 0 Å². The van der Waals surface area contributed by atoms with Crippen LogP contribution in [0.5, 0.6) is 0 Å². The number of hydrogen-bond acceptors (Lipinski definition) is 3. The van der Waals surface area contributed by atoms with Gasteiger partial charge in [0, 0.05) is 12.6 Å². The van der Waals surface area contributed by atoms with Crippen molar-refractivity contribution < 1.29 is 31.3 Å². The van der Waals surface area contributed by atoms with Gasteiger partial charge in [-0.05, 0) is 53.7 Å². The Morgan fingerprint density at radius 2 is 1.19 bits per heavy atom. The Bertz CT molecular complexity index is 1600. The van der Waals surface area contributed by atoms with E-state index >= 15 is 0 Å². The minimum absolute atomic E-state index is 0. The quantitative estimate of drug-likeness (QED) is 0.241. The summed E-state index contributed by atoms with van der Waals surface area (Å²) < 4.78 is 2.20.